The van der Waals surface area contributed by atoms with Gasteiger partial charge >= 0.3 is 0 Å². The molecule has 0 spiro atoms. The van der Waals surface area contributed by atoms with E-state index >= 15 is 0 Å². The SMILES string of the molecule is CCOc1ccccc1OC1CCN(C(C)C(=O)Nc2cccc(Br)c2)CC1. The van der Waals surface area contributed by atoms with E-state index in [2.05, 4.69) is 26.1 Å². The number of piperidine rings is 1. The lowest BCUT2D eigenvalue weighted by atomic mass is 10.1. The molecule has 0 aliphatic carbocycles. The maximum Gasteiger partial charge on any atom is 0.241 e. The number of halogens is 1. The number of para-hydroxylation sites is 2. The summed E-state index contributed by atoms with van der Waals surface area (Å²) in [5.74, 6) is 1.59. The number of amides is 1. The van der Waals surface area contributed by atoms with Crippen LogP contribution < -0.4 is 14.8 Å². The molecule has 0 saturated carbocycles. The molecule has 1 aliphatic heterocycles. The third kappa shape index (κ3) is 5.49. The van der Waals surface area contributed by atoms with Gasteiger partial charge in [0.25, 0.3) is 0 Å². The van der Waals surface area contributed by atoms with Crippen LogP contribution in [0.25, 0.3) is 0 Å². The van der Waals surface area contributed by atoms with E-state index in [1.807, 2.05) is 62.4 Å². The molecule has 0 radical (unpaired) electrons. The van der Waals surface area contributed by atoms with Crippen molar-refractivity contribution in [3.8, 4) is 11.5 Å². The molecule has 1 atom stereocenters. The predicted molar refractivity (Wildman–Crippen MR) is 115 cm³/mol. The van der Waals surface area contributed by atoms with Crippen LogP contribution >= 0.6 is 15.9 Å². The molecule has 28 heavy (non-hydrogen) atoms. The van der Waals surface area contributed by atoms with Crippen LogP contribution in [0.5, 0.6) is 11.5 Å². The summed E-state index contributed by atoms with van der Waals surface area (Å²) in [7, 11) is 0. The number of benzene rings is 2. The highest BCUT2D eigenvalue weighted by atomic mass is 79.9. The summed E-state index contributed by atoms with van der Waals surface area (Å²) in [5.41, 5.74) is 0.803. The predicted octanol–water partition coefficient (Wildman–Crippen LogP) is 4.72. The van der Waals surface area contributed by atoms with Crippen LogP contribution in [0.3, 0.4) is 0 Å². The Morgan fingerprint density at radius 2 is 1.89 bits per heavy atom. The molecular formula is C22H27BrN2O3. The van der Waals surface area contributed by atoms with Gasteiger partial charge in [-0.2, -0.15) is 0 Å². The molecule has 2 aromatic carbocycles. The number of nitrogens with zero attached hydrogens (tertiary/aromatic N) is 1. The summed E-state index contributed by atoms with van der Waals surface area (Å²) in [5, 5.41) is 2.99. The van der Waals surface area contributed by atoms with E-state index in [1.165, 1.54) is 0 Å². The Labute approximate surface area is 175 Å². The Hall–Kier alpha value is -2.05. The second-order valence-corrected chi connectivity index (χ2v) is 7.82. The van der Waals surface area contributed by atoms with Gasteiger partial charge in [0.1, 0.15) is 6.10 Å². The molecule has 6 heteroatoms. The molecule has 3 rings (SSSR count). The Morgan fingerprint density at radius 1 is 1.18 bits per heavy atom. The summed E-state index contributed by atoms with van der Waals surface area (Å²) >= 11 is 3.43. The standard InChI is InChI=1S/C22H27BrN2O3/c1-3-27-20-9-4-5-10-21(20)28-19-11-13-25(14-12-19)16(2)22(26)24-18-8-6-7-17(23)15-18/h4-10,15-16,19H,3,11-14H2,1-2H3,(H,24,26). The third-order valence-corrected chi connectivity index (χ3v) is 5.43. The molecule has 1 heterocycles. The summed E-state index contributed by atoms with van der Waals surface area (Å²) in [6.45, 7) is 6.20. The first-order chi connectivity index (χ1) is 13.6. The zero-order valence-electron chi connectivity index (χ0n) is 16.4. The summed E-state index contributed by atoms with van der Waals surface area (Å²) < 4.78 is 12.8. The van der Waals surface area contributed by atoms with Crippen molar-refractivity contribution in [3.63, 3.8) is 0 Å². The van der Waals surface area contributed by atoms with Crippen molar-refractivity contribution in [2.45, 2.75) is 38.8 Å². The van der Waals surface area contributed by atoms with Crippen LogP contribution in [-0.4, -0.2) is 42.6 Å². The lowest BCUT2D eigenvalue weighted by molar-refractivity contribution is -0.121. The number of nitrogens with one attached hydrogen (secondary N) is 1. The lowest BCUT2D eigenvalue weighted by Crippen LogP contribution is -2.47. The van der Waals surface area contributed by atoms with Gasteiger partial charge in [-0.05, 0) is 57.0 Å². The molecule has 1 N–H and O–H groups in total. The van der Waals surface area contributed by atoms with Gasteiger partial charge in [0.2, 0.25) is 5.91 Å². The fourth-order valence-electron chi connectivity index (χ4n) is 3.36. The zero-order chi connectivity index (χ0) is 19.9. The fourth-order valence-corrected chi connectivity index (χ4v) is 3.76. The average Bonchev–Trinajstić information content (AvgIpc) is 2.70. The van der Waals surface area contributed by atoms with Crippen molar-refractivity contribution in [1.82, 2.24) is 4.90 Å². The largest absolute Gasteiger partial charge is 0.490 e. The van der Waals surface area contributed by atoms with Crippen LogP contribution in [-0.2, 0) is 4.79 Å². The van der Waals surface area contributed by atoms with Gasteiger partial charge in [-0.3, -0.25) is 9.69 Å². The normalized spacial score (nSPS) is 16.4. The van der Waals surface area contributed by atoms with E-state index in [1.54, 1.807) is 0 Å². The second-order valence-electron chi connectivity index (χ2n) is 6.91. The summed E-state index contributed by atoms with van der Waals surface area (Å²) in [6, 6.07) is 15.3. The molecule has 150 valence electrons. The number of hydrogen-bond acceptors (Lipinski definition) is 4. The van der Waals surface area contributed by atoms with Gasteiger partial charge in [-0.1, -0.05) is 34.1 Å². The lowest BCUT2D eigenvalue weighted by Gasteiger charge is -2.35. The van der Waals surface area contributed by atoms with Gasteiger partial charge < -0.3 is 14.8 Å². The molecule has 2 aromatic rings. The van der Waals surface area contributed by atoms with Gasteiger partial charge in [0.05, 0.1) is 12.6 Å². The number of hydrogen-bond donors (Lipinski definition) is 1. The van der Waals surface area contributed by atoms with Crippen molar-refractivity contribution >= 4 is 27.5 Å². The molecule has 0 aromatic heterocycles. The van der Waals surface area contributed by atoms with Gasteiger partial charge in [-0.15, -0.1) is 0 Å². The van der Waals surface area contributed by atoms with Crippen LogP contribution in [0.15, 0.2) is 53.0 Å². The fraction of sp³-hybridized carbons (Fsp3) is 0.409. The molecule has 1 saturated heterocycles. The van der Waals surface area contributed by atoms with Crippen LogP contribution in [0.1, 0.15) is 26.7 Å². The zero-order valence-corrected chi connectivity index (χ0v) is 17.9. The first-order valence-corrected chi connectivity index (χ1v) is 10.5. The molecule has 5 nitrogen and oxygen atoms in total. The molecule has 1 fully saturated rings. The third-order valence-electron chi connectivity index (χ3n) is 4.94. The molecule has 1 aliphatic rings. The molecule has 1 amide bonds. The molecular weight excluding hydrogens is 420 g/mol. The minimum absolute atomic E-state index is 0.0131. The first kappa shape index (κ1) is 20.7. The minimum atomic E-state index is -0.185. The van der Waals surface area contributed by atoms with E-state index < -0.39 is 0 Å². The Kier molecular flexibility index (Phi) is 7.34. The molecule has 1 unspecified atom stereocenters. The van der Waals surface area contributed by atoms with Crippen molar-refractivity contribution < 1.29 is 14.3 Å². The first-order valence-electron chi connectivity index (χ1n) is 9.75. The number of anilines is 1. The molecule has 0 bridgehead atoms. The van der Waals surface area contributed by atoms with Gasteiger partial charge in [0.15, 0.2) is 11.5 Å². The van der Waals surface area contributed by atoms with E-state index in [-0.39, 0.29) is 18.1 Å². The number of carbonyl (C=O) groups excluding carboxylic acids is 1. The van der Waals surface area contributed by atoms with E-state index in [0.717, 1.165) is 47.6 Å². The highest BCUT2D eigenvalue weighted by Gasteiger charge is 2.28. The number of likely N-dealkylation sites (tertiary alicyclic amines) is 1. The topological polar surface area (TPSA) is 50.8 Å². The Morgan fingerprint density at radius 3 is 2.57 bits per heavy atom. The summed E-state index contributed by atoms with van der Waals surface area (Å²) in [4.78, 5) is 14.8. The maximum absolute atomic E-state index is 12.6. The average molecular weight is 447 g/mol. The Balaban J connectivity index is 1.51. The van der Waals surface area contributed by atoms with Crippen molar-refractivity contribution in [1.29, 1.82) is 0 Å². The van der Waals surface area contributed by atoms with Crippen molar-refractivity contribution in [3.05, 3.63) is 53.0 Å². The smallest absolute Gasteiger partial charge is 0.241 e. The van der Waals surface area contributed by atoms with Gasteiger partial charge in [0, 0.05) is 23.2 Å². The van der Waals surface area contributed by atoms with Crippen LogP contribution in [0.4, 0.5) is 5.69 Å². The van der Waals surface area contributed by atoms with E-state index in [4.69, 9.17) is 9.47 Å². The maximum atomic E-state index is 12.6. The van der Waals surface area contributed by atoms with Crippen LogP contribution in [0, 0.1) is 0 Å². The number of carbonyl (C=O) groups is 1. The number of ether oxygens (including phenoxy) is 2. The van der Waals surface area contributed by atoms with Crippen molar-refractivity contribution in [2.75, 3.05) is 25.0 Å². The quantitative estimate of drug-likeness (QED) is 0.668. The highest BCUT2D eigenvalue weighted by molar-refractivity contribution is 9.10. The van der Waals surface area contributed by atoms with Gasteiger partial charge in [-0.25, -0.2) is 0 Å². The van der Waals surface area contributed by atoms with Crippen molar-refractivity contribution in [2.24, 2.45) is 0 Å². The minimum Gasteiger partial charge on any atom is -0.490 e. The van der Waals surface area contributed by atoms with Crippen LogP contribution in [0.2, 0.25) is 0 Å². The second kappa shape index (κ2) is 9.94. The van der Waals surface area contributed by atoms with E-state index in [9.17, 15) is 4.79 Å². The monoisotopic (exact) mass is 446 g/mol. The number of rotatable bonds is 7. The summed E-state index contributed by atoms with van der Waals surface area (Å²) in [6.07, 6.45) is 1.91. The Bertz CT molecular complexity index is 791. The van der Waals surface area contributed by atoms with E-state index in [0.29, 0.717) is 6.61 Å². The highest BCUT2D eigenvalue weighted by Crippen LogP contribution is 2.29.